The topological polar surface area (TPSA) is 66.5 Å². The Labute approximate surface area is 167 Å². The molecular weight excluding hydrogens is 427 g/mol. The van der Waals surface area contributed by atoms with Crippen LogP contribution in [0.3, 0.4) is 0 Å². The lowest BCUT2D eigenvalue weighted by atomic mass is 10.1. The second kappa shape index (κ2) is 7.01. The third kappa shape index (κ3) is 3.20. The Hall–Kier alpha value is -3.32. The van der Waals surface area contributed by atoms with Crippen molar-refractivity contribution in [1.82, 2.24) is 0 Å². The molecule has 3 amide bonds. The summed E-state index contributed by atoms with van der Waals surface area (Å²) in [6, 6.07) is 16.8. The zero-order valence-electron chi connectivity index (χ0n) is 14.3. The van der Waals surface area contributed by atoms with Crippen molar-refractivity contribution in [2.24, 2.45) is 0 Å². The standard InChI is InChI=1S/C21H12BrFN2O3/c22-13-8-12(9-14(23)10-13)19(26)24-15-4-3-5-16(11-15)25-20(27)17-6-1-2-7-18(17)21(25)28/h1-11H,(H,24,26). The van der Waals surface area contributed by atoms with Gasteiger partial charge in [-0.3, -0.25) is 14.4 Å². The van der Waals surface area contributed by atoms with E-state index in [9.17, 15) is 18.8 Å². The van der Waals surface area contributed by atoms with Crippen LogP contribution in [0.2, 0.25) is 0 Å². The van der Waals surface area contributed by atoms with Crippen LogP contribution in [0.25, 0.3) is 0 Å². The molecule has 138 valence electrons. The summed E-state index contributed by atoms with van der Waals surface area (Å²) in [6.45, 7) is 0. The van der Waals surface area contributed by atoms with Gasteiger partial charge < -0.3 is 5.32 Å². The molecule has 0 radical (unpaired) electrons. The smallest absolute Gasteiger partial charge is 0.266 e. The fourth-order valence-corrected chi connectivity index (χ4v) is 3.50. The number of rotatable bonds is 3. The van der Waals surface area contributed by atoms with Crippen molar-refractivity contribution < 1.29 is 18.8 Å². The van der Waals surface area contributed by atoms with Gasteiger partial charge in [-0.05, 0) is 48.5 Å². The first kappa shape index (κ1) is 18.1. The summed E-state index contributed by atoms with van der Waals surface area (Å²) >= 11 is 3.15. The molecule has 5 nitrogen and oxygen atoms in total. The Balaban J connectivity index is 1.61. The number of fused-ring (bicyclic) bond motifs is 1. The number of halogens is 2. The summed E-state index contributed by atoms with van der Waals surface area (Å²) in [4.78, 5) is 38.7. The van der Waals surface area contributed by atoms with Crippen molar-refractivity contribution in [3.63, 3.8) is 0 Å². The number of carbonyl (C=O) groups is 3. The summed E-state index contributed by atoms with van der Waals surface area (Å²) in [5.41, 5.74) is 1.53. The Kier molecular flexibility index (Phi) is 4.52. The SMILES string of the molecule is O=C(Nc1cccc(N2C(=O)c3ccccc3C2=O)c1)c1cc(F)cc(Br)c1. The minimum Gasteiger partial charge on any atom is -0.322 e. The van der Waals surface area contributed by atoms with Crippen LogP contribution < -0.4 is 10.2 Å². The number of nitrogens with zero attached hydrogens (tertiary/aromatic N) is 1. The van der Waals surface area contributed by atoms with Crippen LogP contribution >= 0.6 is 15.9 Å². The molecule has 1 aliphatic heterocycles. The number of amides is 3. The van der Waals surface area contributed by atoms with Crippen LogP contribution in [-0.2, 0) is 0 Å². The van der Waals surface area contributed by atoms with Gasteiger partial charge in [-0.1, -0.05) is 34.1 Å². The van der Waals surface area contributed by atoms with Gasteiger partial charge in [-0.2, -0.15) is 0 Å². The van der Waals surface area contributed by atoms with Crippen molar-refractivity contribution in [2.45, 2.75) is 0 Å². The van der Waals surface area contributed by atoms with E-state index in [4.69, 9.17) is 0 Å². The molecule has 1 aliphatic rings. The highest BCUT2D eigenvalue weighted by atomic mass is 79.9. The van der Waals surface area contributed by atoms with Crippen molar-refractivity contribution in [3.05, 3.63) is 93.7 Å². The lowest BCUT2D eigenvalue weighted by molar-refractivity contribution is 0.0925. The average molecular weight is 439 g/mol. The Morgan fingerprint density at radius 3 is 2.21 bits per heavy atom. The number of anilines is 2. The molecule has 0 fully saturated rings. The molecular formula is C21H12BrFN2O3. The molecule has 3 aromatic carbocycles. The summed E-state index contributed by atoms with van der Waals surface area (Å²) in [7, 11) is 0. The number of hydrogen-bond acceptors (Lipinski definition) is 3. The molecule has 3 aromatic rings. The van der Waals surface area contributed by atoms with E-state index in [1.54, 1.807) is 42.5 Å². The molecule has 1 N–H and O–H groups in total. The third-order valence-electron chi connectivity index (χ3n) is 4.28. The summed E-state index contributed by atoms with van der Waals surface area (Å²) in [6.07, 6.45) is 0. The van der Waals surface area contributed by atoms with Crippen LogP contribution in [0.1, 0.15) is 31.1 Å². The average Bonchev–Trinajstić information content (AvgIpc) is 2.92. The predicted octanol–water partition coefficient (Wildman–Crippen LogP) is 4.64. The first-order valence-electron chi connectivity index (χ1n) is 8.29. The maximum atomic E-state index is 13.5. The normalized spacial score (nSPS) is 12.9. The van der Waals surface area contributed by atoms with Crippen LogP contribution in [-0.4, -0.2) is 17.7 Å². The van der Waals surface area contributed by atoms with Gasteiger partial charge in [-0.25, -0.2) is 9.29 Å². The van der Waals surface area contributed by atoms with Crippen LogP contribution in [0.4, 0.5) is 15.8 Å². The van der Waals surface area contributed by atoms with Gasteiger partial charge in [0.1, 0.15) is 5.82 Å². The van der Waals surface area contributed by atoms with E-state index in [0.29, 0.717) is 27.0 Å². The summed E-state index contributed by atoms with van der Waals surface area (Å²) < 4.78 is 14.0. The second-order valence-corrected chi connectivity index (χ2v) is 7.07. The maximum absolute atomic E-state index is 13.5. The number of benzene rings is 3. The molecule has 0 atom stereocenters. The Bertz CT molecular complexity index is 1090. The zero-order valence-corrected chi connectivity index (χ0v) is 15.9. The van der Waals surface area contributed by atoms with Gasteiger partial charge in [0.15, 0.2) is 0 Å². The number of carbonyl (C=O) groups excluding carboxylic acids is 3. The summed E-state index contributed by atoms with van der Waals surface area (Å²) in [5.74, 6) is -1.89. The van der Waals surface area contributed by atoms with E-state index in [1.165, 1.54) is 18.2 Å². The van der Waals surface area contributed by atoms with E-state index in [1.807, 2.05) is 0 Å². The lowest BCUT2D eigenvalue weighted by Crippen LogP contribution is -2.29. The van der Waals surface area contributed by atoms with Gasteiger partial charge in [0, 0.05) is 15.7 Å². The molecule has 28 heavy (non-hydrogen) atoms. The van der Waals surface area contributed by atoms with Gasteiger partial charge >= 0.3 is 0 Å². The van der Waals surface area contributed by atoms with E-state index in [0.717, 1.165) is 11.0 Å². The molecule has 0 bridgehead atoms. The largest absolute Gasteiger partial charge is 0.322 e. The highest BCUT2D eigenvalue weighted by Crippen LogP contribution is 2.30. The highest BCUT2D eigenvalue weighted by molar-refractivity contribution is 9.10. The highest BCUT2D eigenvalue weighted by Gasteiger charge is 2.36. The predicted molar refractivity (Wildman–Crippen MR) is 106 cm³/mol. The number of imide groups is 1. The molecule has 4 rings (SSSR count). The van der Waals surface area contributed by atoms with Gasteiger partial charge in [0.2, 0.25) is 0 Å². The zero-order chi connectivity index (χ0) is 19.8. The van der Waals surface area contributed by atoms with Crippen LogP contribution in [0.5, 0.6) is 0 Å². The van der Waals surface area contributed by atoms with Crippen molar-refractivity contribution in [3.8, 4) is 0 Å². The molecule has 0 spiro atoms. The van der Waals surface area contributed by atoms with Crippen LogP contribution in [0, 0.1) is 5.82 Å². The molecule has 0 aromatic heterocycles. The first-order chi connectivity index (χ1) is 13.4. The van der Waals surface area contributed by atoms with Crippen molar-refractivity contribution in [1.29, 1.82) is 0 Å². The first-order valence-corrected chi connectivity index (χ1v) is 9.08. The van der Waals surface area contributed by atoms with Gasteiger partial charge in [0.25, 0.3) is 17.7 Å². The fraction of sp³-hybridized carbons (Fsp3) is 0. The molecule has 0 saturated carbocycles. The fourth-order valence-electron chi connectivity index (χ4n) is 3.03. The Morgan fingerprint density at radius 2 is 1.57 bits per heavy atom. The summed E-state index contributed by atoms with van der Waals surface area (Å²) in [5, 5.41) is 2.65. The number of hydrogen-bond donors (Lipinski definition) is 1. The minimum atomic E-state index is -0.542. The minimum absolute atomic E-state index is 0.137. The number of nitrogens with one attached hydrogen (secondary N) is 1. The lowest BCUT2D eigenvalue weighted by Gasteiger charge is -2.15. The molecule has 0 unspecified atom stereocenters. The van der Waals surface area contributed by atoms with E-state index >= 15 is 0 Å². The van der Waals surface area contributed by atoms with E-state index in [-0.39, 0.29) is 5.56 Å². The molecule has 0 saturated heterocycles. The van der Waals surface area contributed by atoms with E-state index in [2.05, 4.69) is 21.2 Å². The maximum Gasteiger partial charge on any atom is 0.266 e. The van der Waals surface area contributed by atoms with Gasteiger partial charge in [-0.15, -0.1) is 0 Å². The van der Waals surface area contributed by atoms with Crippen molar-refractivity contribution >= 4 is 45.0 Å². The third-order valence-corrected chi connectivity index (χ3v) is 4.74. The van der Waals surface area contributed by atoms with E-state index < -0.39 is 23.5 Å². The monoisotopic (exact) mass is 438 g/mol. The molecule has 0 aliphatic carbocycles. The second-order valence-electron chi connectivity index (χ2n) is 6.15. The molecule has 1 heterocycles. The van der Waals surface area contributed by atoms with Crippen LogP contribution in [0.15, 0.2) is 71.2 Å². The van der Waals surface area contributed by atoms with Gasteiger partial charge in [0.05, 0.1) is 16.8 Å². The quantitative estimate of drug-likeness (QED) is 0.605. The van der Waals surface area contributed by atoms with Crippen molar-refractivity contribution in [2.75, 3.05) is 10.2 Å². The Morgan fingerprint density at radius 1 is 0.893 bits per heavy atom. The molecule has 7 heteroatoms.